The Labute approximate surface area is 148 Å². The molecule has 0 amide bonds. The van der Waals surface area contributed by atoms with Crippen LogP contribution in [0.4, 0.5) is 0 Å². The summed E-state index contributed by atoms with van der Waals surface area (Å²) >= 11 is 0. The molecular formula is C22H24N2O. The van der Waals surface area contributed by atoms with Crippen molar-refractivity contribution in [3.8, 4) is 0 Å². The molecule has 0 spiro atoms. The standard InChI is InChI=1S/C22H24N2O/c1-2-18(25)13-15-6-5-9-17(12-15)19-10-11-23-22-21(19)20(14-24-22)16-7-3-4-8-16/h2,7,9-11,14-15H,1,3-6,8,12-13H2,(H,23,24). The lowest BCUT2D eigenvalue weighted by Crippen LogP contribution is -2.11. The van der Waals surface area contributed by atoms with Crippen molar-refractivity contribution in [2.24, 2.45) is 5.92 Å². The molecule has 25 heavy (non-hydrogen) atoms. The average Bonchev–Trinajstić information content (AvgIpc) is 3.30. The van der Waals surface area contributed by atoms with E-state index in [2.05, 4.69) is 41.0 Å². The molecule has 2 aliphatic rings. The average molecular weight is 332 g/mol. The van der Waals surface area contributed by atoms with E-state index in [1.54, 1.807) is 0 Å². The van der Waals surface area contributed by atoms with Crippen LogP contribution in [0.15, 0.2) is 43.3 Å². The largest absolute Gasteiger partial charge is 0.346 e. The van der Waals surface area contributed by atoms with Crippen molar-refractivity contribution in [3.63, 3.8) is 0 Å². The highest BCUT2D eigenvalue weighted by Crippen LogP contribution is 2.39. The summed E-state index contributed by atoms with van der Waals surface area (Å²) in [5, 5.41) is 1.25. The van der Waals surface area contributed by atoms with Crippen molar-refractivity contribution in [3.05, 3.63) is 54.4 Å². The molecule has 2 aromatic heterocycles. The van der Waals surface area contributed by atoms with Gasteiger partial charge in [0.25, 0.3) is 0 Å². The summed E-state index contributed by atoms with van der Waals surface area (Å²) in [7, 11) is 0. The third-order valence-corrected chi connectivity index (χ3v) is 5.50. The van der Waals surface area contributed by atoms with Gasteiger partial charge in [-0.3, -0.25) is 4.79 Å². The zero-order valence-electron chi connectivity index (χ0n) is 14.6. The second-order valence-electron chi connectivity index (χ2n) is 7.16. The molecule has 0 aliphatic heterocycles. The Morgan fingerprint density at radius 2 is 2.16 bits per heavy atom. The first-order chi connectivity index (χ1) is 12.3. The van der Waals surface area contributed by atoms with E-state index in [1.165, 1.54) is 46.6 Å². The Hall–Kier alpha value is -2.42. The molecule has 1 unspecified atom stereocenters. The maximum Gasteiger partial charge on any atom is 0.155 e. The summed E-state index contributed by atoms with van der Waals surface area (Å²) in [6.45, 7) is 3.61. The fourth-order valence-corrected chi connectivity index (χ4v) is 4.24. The van der Waals surface area contributed by atoms with Crippen LogP contribution in [0.2, 0.25) is 0 Å². The number of aromatic amines is 1. The van der Waals surface area contributed by atoms with Gasteiger partial charge in [0.1, 0.15) is 5.65 Å². The number of nitrogens with one attached hydrogen (secondary N) is 1. The zero-order chi connectivity index (χ0) is 17.2. The lowest BCUT2D eigenvalue weighted by molar-refractivity contribution is -0.115. The molecule has 1 atom stereocenters. The van der Waals surface area contributed by atoms with E-state index in [1.807, 2.05) is 6.20 Å². The van der Waals surface area contributed by atoms with E-state index in [4.69, 9.17) is 0 Å². The predicted molar refractivity (Wildman–Crippen MR) is 103 cm³/mol. The Kier molecular flexibility index (Phi) is 4.39. The molecule has 2 heterocycles. The number of aromatic nitrogens is 2. The third kappa shape index (κ3) is 3.11. The van der Waals surface area contributed by atoms with Crippen molar-refractivity contribution in [2.75, 3.05) is 0 Å². The van der Waals surface area contributed by atoms with Crippen molar-refractivity contribution in [1.82, 2.24) is 9.97 Å². The summed E-state index contributed by atoms with van der Waals surface area (Å²) in [4.78, 5) is 19.6. The minimum atomic E-state index is 0.157. The molecule has 0 aromatic carbocycles. The van der Waals surface area contributed by atoms with Crippen molar-refractivity contribution >= 4 is 28.0 Å². The van der Waals surface area contributed by atoms with Crippen molar-refractivity contribution in [1.29, 1.82) is 0 Å². The number of ketones is 1. The zero-order valence-corrected chi connectivity index (χ0v) is 14.6. The Bertz CT molecular complexity index is 885. The van der Waals surface area contributed by atoms with E-state index in [0.29, 0.717) is 12.3 Å². The van der Waals surface area contributed by atoms with Gasteiger partial charge in [-0.25, -0.2) is 4.98 Å². The second kappa shape index (κ2) is 6.83. The molecule has 3 nitrogen and oxygen atoms in total. The Balaban J connectivity index is 1.71. The molecule has 1 N–H and O–H groups in total. The monoisotopic (exact) mass is 332 g/mol. The number of carbonyl (C=O) groups is 1. The minimum Gasteiger partial charge on any atom is -0.346 e. The van der Waals surface area contributed by atoms with E-state index in [-0.39, 0.29) is 5.78 Å². The van der Waals surface area contributed by atoms with Crippen LogP contribution < -0.4 is 0 Å². The summed E-state index contributed by atoms with van der Waals surface area (Å²) in [5.74, 6) is 0.575. The number of hydrogen-bond donors (Lipinski definition) is 1. The highest BCUT2D eigenvalue weighted by molar-refractivity contribution is 5.99. The molecule has 0 bridgehead atoms. The number of allylic oxidation sites excluding steroid dienone is 5. The smallest absolute Gasteiger partial charge is 0.155 e. The predicted octanol–water partition coefficient (Wildman–Crippen LogP) is 5.46. The van der Waals surface area contributed by atoms with Crippen LogP contribution in [-0.4, -0.2) is 15.8 Å². The van der Waals surface area contributed by atoms with Gasteiger partial charge in [0.2, 0.25) is 0 Å². The highest BCUT2D eigenvalue weighted by atomic mass is 16.1. The fourth-order valence-electron chi connectivity index (χ4n) is 4.24. The van der Waals surface area contributed by atoms with E-state index >= 15 is 0 Å². The highest BCUT2D eigenvalue weighted by Gasteiger charge is 2.22. The van der Waals surface area contributed by atoms with Crippen LogP contribution in [0.25, 0.3) is 22.2 Å². The molecule has 4 rings (SSSR count). The normalized spacial score (nSPS) is 20.4. The van der Waals surface area contributed by atoms with Crippen LogP contribution in [-0.2, 0) is 4.79 Å². The molecule has 128 valence electrons. The number of fused-ring (bicyclic) bond motifs is 1. The van der Waals surface area contributed by atoms with Gasteiger partial charge < -0.3 is 4.98 Å². The SMILES string of the molecule is C=CC(=O)CC1CCC=C(c2ccnc3[nH]cc(C4=CCCC4)c23)C1. The van der Waals surface area contributed by atoms with Crippen molar-refractivity contribution < 1.29 is 4.79 Å². The molecule has 2 aromatic rings. The first-order valence-electron chi connectivity index (χ1n) is 9.26. The maximum absolute atomic E-state index is 11.8. The molecule has 2 aliphatic carbocycles. The van der Waals surface area contributed by atoms with Gasteiger partial charge in [-0.1, -0.05) is 18.7 Å². The van der Waals surface area contributed by atoms with Gasteiger partial charge in [0.15, 0.2) is 5.78 Å². The van der Waals surface area contributed by atoms with Crippen LogP contribution in [0.5, 0.6) is 0 Å². The quantitative estimate of drug-likeness (QED) is 0.739. The van der Waals surface area contributed by atoms with E-state index in [9.17, 15) is 4.79 Å². The van der Waals surface area contributed by atoms with Gasteiger partial charge in [0.05, 0.1) is 0 Å². The van der Waals surface area contributed by atoms with Crippen LogP contribution in [0.1, 0.15) is 56.1 Å². The summed E-state index contributed by atoms with van der Waals surface area (Å²) in [6.07, 6.45) is 17.4. The summed E-state index contributed by atoms with van der Waals surface area (Å²) in [6, 6.07) is 2.14. The van der Waals surface area contributed by atoms with Gasteiger partial charge in [-0.05, 0) is 73.3 Å². The van der Waals surface area contributed by atoms with Gasteiger partial charge in [-0.15, -0.1) is 0 Å². The Morgan fingerprint density at radius 3 is 2.96 bits per heavy atom. The topological polar surface area (TPSA) is 45.8 Å². The molecule has 0 fully saturated rings. The number of rotatable bonds is 5. The number of nitrogens with zero attached hydrogens (tertiary/aromatic N) is 1. The first-order valence-corrected chi connectivity index (χ1v) is 9.26. The second-order valence-corrected chi connectivity index (χ2v) is 7.16. The number of carbonyl (C=O) groups excluding carboxylic acids is 1. The third-order valence-electron chi connectivity index (χ3n) is 5.50. The number of hydrogen-bond acceptors (Lipinski definition) is 2. The van der Waals surface area contributed by atoms with Crippen LogP contribution in [0.3, 0.4) is 0 Å². The minimum absolute atomic E-state index is 0.157. The van der Waals surface area contributed by atoms with E-state index in [0.717, 1.165) is 31.3 Å². The fraction of sp³-hybridized carbons (Fsp3) is 0.364. The van der Waals surface area contributed by atoms with Crippen LogP contribution in [0, 0.1) is 5.92 Å². The first kappa shape index (κ1) is 16.1. The van der Waals surface area contributed by atoms with Gasteiger partial charge in [-0.2, -0.15) is 0 Å². The van der Waals surface area contributed by atoms with Gasteiger partial charge >= 0.3 is 0 Å². The lowest BCUT2D eigenvalue weighted by Gasteiger charge is -2.23. The molecule has 0 radical (unpaired) electrons. The maximum atomic E-state index is 11.8. The lowest BCUT2D eigenvalue weighted by atomic mass is 9.82. The van der Waals surface area contributed by atoms with Crippen LogP contribution >= 0.6 is 0 Å². The molecule has 0 saturated carbocycles. The molecular weight excluding hydrogens is 308 g/mol. The molecule has 3 heteroatoms. The summed E-state index contributed by atoms with van der Waals surface area (Å²) in [5.41, 5.74) is 6.35. The van der Waals surface area contributed by atoms with Gasteiger partial charge in [0, 0.05) is 29.8 Å². The molecule has 0 saturated heterocycles. The van der Waals surface area contributed by atoms with E-state index < -0.39 is 0 Å². The number of H-pyrrole nitrogens is 1. The van der Waals surface area contributed by atoms with Crippen molar-refractivity contribution in [2.45, 2.75) is 44.9 Å². The Morgan fingerprint density at radius 1 is 1.28 bits per heavy atom. The number of pyridine rings is 1. The summed E-state index contributed by atoms with van der Waals surface area (Å²) < 4.78 is 0.